The van der Waals surface area contributed by atoms with Crippen molar-refractivity contribution in [1.82, 2.24) is 0 Å². The molecule has 0 saturated carbocycles. The predicted molar refractivity (Wildman–Crippen MR) is 94.8 cm³/mol. The average Bonchev–Trinajstić information content (AvgIpc) is 2.47. The summed E-state index contributed by atoms with van der Waals surface area (Å²) in [6.07, 6.45) is 0. The maximum atomic E-state index is 12.7. The van der Waals surface area contributed by atoms with Crippen molar-refractivity contribution in [3.63, 3.8) is 0 Å². The molecule has 0 amide bonds. The molecule has 2 aromatic rings. The summed E-state index contributed by atoms with van der Waals surface area (Å²) in [4.78, 5) is 25.4. The largest absolute Gasteiger partial charge is 0.293 e. The zero-order chi connectivity index (χ0) is 17.2. The molecular weight excluding hydrogens is 355 g/mol. The summed E-state index contributed by atoms with van der Waals surface area (Å²) in [7, 11) is 0. The van der Waals surface area contributed by atoms with E-state index in [1.54, 1.807) is 48.5 Å². The Labute approximate surface area is 150 Å². The van der Waals surface area contributed by atoms with Gasteiger partial charge < -0.3 is 0 Å². The van der Waals surface area contributed by atoms with Crippen LogP contribution in [0.25, 0.3) is 0 Å². The van der Waals surface area contributed by atoms with Crippen molar-refractivity contribution in [2.75, 3.05) is 0 Å². The lowest BCUT2D eigenvalue weighted by atomic mass is 9.90. The van der Waals surface area contributed by atoms with Gasteiger partial charge in [-0.1, -0.05) is 94.5 Å². The topological polar surface area (TPSA) is 34.1 Å². The first-order valence-electron chi connectivity index (χ1n) is 6.98. The zero-order valence-corrected chi connectivity index (χ0v) is 14.9. The summed E-state index contributed by atoms with van der Waals surface area (Å²) in [6, 6.07) is 13.6. The van der Waals surface area contributed by atoms with Gasteiger partial charge in [-0.3, -0.25) is 9.59 Å². The van der Waals surface area contributed by atoms with E-state index >= 15 is 0 Å². The fraction of sp³-hybridized carbons (Fsp3) is 0.222. The maximum absolute atomic E-state index is 12.7. The number of aryl methyl sites for hydroxylation is 2. The second-order valence-corrected chi connectivity index (χ2v) is 7.80. The standard InChI is InChI=1S/C18H15Cl3O2/c1-11-3-7-13(8-4-11)16(22)15(18(19,20)21)17(23)14-9-5-12(2)6-10-14/h3-10,15H,1-2H3. The average molecular weight is 370 g/mol. The molecule has 0 saturated heterocycles. The smallest absolute Gasteiger partial charge is 0.207 e. The van der Waals surface area contributed by atoms with Gasteiger partial charge in [-0.25, -0.2) is 0 Å². The molecule has 0 aliphatic rings. The van der Waals surface area contributed by atoms with Gasteiger partial charge in [0.2, 0.25) is 3.79 Å². The first-order valence-corrected chi connectivity index (χ1v) is 8.12. The lowest BCUT2D eigenvalue weighted by Gasteiger charge is -2.22. The van der Waals surface area contributed by atoms with Crippen LogP contribution in [0.15, 0.2) is 48.5 Å². The normalized spacial score (nSPS) is 11.6. The van der Waals surface area contributed by atoms with E-state index in [0.29, 0.717) is 11.1 Å². The van der Waals surface area contributed by atoms with E-state index in [0.717, 1.165) is 11.1 Å². The number of carbonyl (C=O) groups excluding carboxylic acids is 2. The van der Waals surface area contributed by atoms with Gasteiger partial charge in [-0.05, 0) is 13.8 Å². The number of rotatable bonds is 4. The lowest BCUT2D eigenvalue weighted by molar-refractivity contribution is 0.0810. The van der Waals surface area contributed by atoms with Gasteiger partial charge in [0.15, 0.2) is 11.6 Å². The molecule has 0 heterocycles. The van der Waals surface area contributed by atoms with E-state index in [1.807, 2.05) is 13.8 Å². The highest BCUT2D eigenvalue weighted by atomic mass is 35.6. The van der Waals surface area contributed by atoms with E-state index in [2.05, 4.69) is 0 Å². The summed E-state index contributed by atoms with van der Waals surface area (Å²) in [5.41, 5.74) is 2.67. The van der Waals surface area contributed by atoms with Gasteiger partial charge in [0.1, 0.15) is 5.92 Å². The van der Waals surface area contributed by atoms with Crippen molar-refractivity contribution in [2.24, 2.45) is 5.92 Å². The molecule has 2 aromatic carbocycles. The van der Waals surface area contributed by atoms with Crippen molar-refractivity contribution in [3.05, 3.63) is 70.8 Å². The summed E-state index contributed by atoms with van der Waals surface area (Å²) in [6.45, 7) is 3.80. The van der Waals surface area contributed by atoms with Crippen LogP contribution in [0.2, 0.25) is 0 Å². The molecule has 0 aliphatic carbocycles. The van der Waals surface area contributed by atoms with Crippen LogP contribution < -0.4 is 0 Å². The Kier molecular flexibility index (Phi) is 5.51. The van der Waals surface area contributed by atoms with Crippen molar-refractivity contribution in [3.8, 4) is 0 Å². The van der Waals surface area contributed by atoms with Gasteiger partial charge in [0, 0.05) is 11.1 Å². The van der Waals surface area contributed by atoms with Crippen molar-refractivity contribution >= 4 is 46.4 Å². The summed E-state index contributed by atoms with van der Waals surface area (Å²) < 4.78 is -2.02. The van der Waals surface area contributed by atoms with Crippen molar-refractivity contribution in [1.29, 1.82) is 0 Å². The molecule has 0 aliphatic heterocycles. The SMILES string of the molecule is Cc1ccc(C(=O)C(C(=O)c2ccc(C)cc2)C(Cl)(Cl)Cl)cc1. The first-order chi connectivity index (χ1) is 10.7. The van der Waals surface area contributed by atoms with E-state index in [1.165, 1.54) is 0 Å². The van der Waals surface area contributed by atoms with Crippen LogP contribution in [0.1, 0.15) is 31.8 Å². The van der Waals surface area contributed by atoms with Crippen molar-refractivity contribution < 1.29 is 9.59 Å². The molecule has 0 N–H and O–H groups in total. The molecule has 2 nitrogen and oxygen atoms in total. The molecule has 0 atom stereocenters. The number of ketones is 2. The molecule has 5 heteroatoms. The van der Waals surface area contributed by atoms with E-state index in [-0.39, 0.29) is 0 Å². The molecule has 23 heavy (non-hydrogen) atoms. The molecular formula is C18H15Cl3O2. The van der Waals surface area contributed by atoms with Crippen LogP contribution in [-0.4, -0.2) is 15.4 Å². The van der Waals surface area contributed by atoms with Crippen LogP contribution >= 0.6 is 34.8 Å². The Morgan fingerprint density at radius 2 is 1.04 bits per heavy atom. The molecule has 0 aromatic heterocycles. The maximum Gasteiger partial charge on any atom is 0.207 e. The van der Waals surface area contributed by atoms with Crippen LogP contribution in [0.3, 0.4) is 0 Å². The fourth-order valence-corrected chi connectivity index (χ4v) is 2.78. The lowest BCUT2D eigenvalue weighted by Crippen LogP contribution is -2.35. The molecule has 0 radical (unpaired) electrons. The minimum Gasteiger partial charge on any atom is -0.293 e. The van der Waals surface area contributed by atoms with Gasteiger partial charge in [-0.15, -0.1) is 0 Å². The Hall–Kier alpha value is -1.35. The number of carbonyl (C=O) groups is 2. The summed E-state index contributed by atoms with van der Waals surface area (Å²) >= 11 is 17.8. The molecule has 0 spiro atoms. The number of hydrogen-bond donors (Lipinski definition) is 0. The molecule has 0 unspecified atom stereocenters. The molecule has 2 rings (SSSR count). The highest BCUT2D eigenvalue weighted by Crippen LogP contribution is 2.39. The highest BCUT2D eigenvalue weighted by Gasteiger charge is 2.44. The number of Topliss-reactive ketones (excluding diaryl/α,β-unsaturated/α-hetero) is 2. The van der Waals surface area contributed by atoms with Gasteiger partial charge in [0.25, 0.3) is 0 Å². The zero-order valence-electron chi connectivity index (χ0n) is 12.6. The fourth-order valence-electron chi connectivity index (χ4n) is 2.19. The van der Waals surface area contributed by atoms with E-state index < -0.39 is 21.3 Å². The quantitative estimate of drug-likeness (QED) is 0.413. The number of alkyl halides is 3. The van der Waals surface area contributed by atoms with Crippen LogP contribution in [0.4, 0.5) is 0 Å². The summed E-state index contributed by atoms with van der Waals surface area (Å²) in [5, 5.41) is 0. The first kappa shape index (κ1) is 18.0. The second-order valence-electron chi connectivity index (χ2n) is 5.44. The van der Waals surface area contributed by atoms with Gasteiger partial charge in [0.05, 0.1) is 0 Å². The van der Waals surface area contributed by atoms with E-state index in [4.69, 9.17) is 34.8 Å². The van der Waals surface area contributed by atoms with Crippen LogP contribution in [0.5, 0.6) is 0 Å². The molecule has 120 valence electrons. The monoisotopic (exact) mass is 368 g/mol. The minimum atomic E-state index is -2.02. The third-order valence-electron chi connectivity index (χ3n) is 3.52. The Morgan fingerprint density at radius 3 is 1.30 bits per heavy atom. The third-order valence-corrected chi connectivity index (χ3v) is 4.18. The van der Waals surface area contributed by atoms with Crippen LogP contribution in [-0.2, 0) is 0 Å². The van der Waals surface area contributed by atoms with Crippen LogP contribution in [0, 0.1) is 19.8 Å². The highest BCUT2D eigenvalue weighted by molar-refractivity contribution is 6.69. The third kappa shape index (κ3) is 4.35. The second kappa shape index (κ2) is 7.04. The molecule has 0 bridgehead atoms. The Balaban J connectivity index is 2.41. The Bertz CT molecular complexity index is 656. The summed E-state index contributed by atoms with van der Waals surface area (Å²) in [5.74, 6) is -2.40. The molecule has 0 fully saturated rings. The van der Waals surface area contributed by atoms with Gasteiger partial charge >= 0.3 is 0 Å². The van der Waals surface area contributed by atoms with E-state index in [9.17, 15) is 9.59 Å². The number of benzene rings is 2. The van der Waals surface area contributed by atoms with Crippen molar-refractivity contribution in [2.45, 2.75) is 17.6 Å². The Morgan fingerprint density at radius 1 is 0.739 bits per heavy atom. The van der Waals surface area contributed by atoms with Gasteiger partial charge in [-0.2, -0.15) is 0 Å². The minimum absolute atomic E-state index is 0.340. The predicted octanol–water partition coefficient (Wildman–Crippen LogP) is 5.36. The number of hydrogen-bond acceptors (Lipinski definition) is 2. The number of halogens is 3.